The Morgan fingerprint density at radius 3 is 1.89 bits per heavy atom. The number of rotatable bonds is 4. The molecule has 1 atom stereocenters. The number of benzene rings is 2. The molecule has 1 nitrogen and oxygen atoms in total. The summed E-state index contributed by atoms with van der Waals surface area (Å²) < 4.78 is 13.0. The minimum atomic E-state index is -0.599. The molecule has 0 aliphatic carbocycles. The van der Waals surface area contributed by atoms with Gasteiger partial charge in [0, 0.05) is 0 Å². The summed E-state index contributed by atoms with van der Waals surface area (Å²) in [6, 6.07) is 14.8. The van der Waals surface area contributed by atoms with Crippen molar-refractivity contribution in [3.63, 3.8) is 0 Å². The van der Waals surface area contributed by atoms with Crippen molar-refractivity contribution in [2.24, 2.45) is 5.73 Å². The van der Waals surface area contributed by atoms with E-state index in [0.29, 0.717) is 0 Å². The lowest BCUT2D eigenvalue weighted by molar-refractivity contribution is 0.593. The largest absolute Gasteiger partial charge is 0.318 e. The minimum Gasteiger partial charge on any atom is -0.318 e. The average molecular weight is 257 g/mol. The zero-order valence-corrected chi connectivity index (χ0v) is 11.5. The number of aryl methyl sites for hydroxylation is 1. The molecule has 100 valence electrons. The number of halogens is 1. The molecule has 1 unspecified atom stereocenters. The highest BCUT2D eigenvalue weighted by Crippen LogP contribution is 2.27. The zero-order valence-electron chi connectivity index (χ0n) is 11.5. The Bertz CT molecular complexity index is 526. The van der Waals surface area contributed by atoms with E-state index >= 15 is 0 Å². The summed E-state index contributed by atoms with van der Waals surface area (Å²) in [7, 11) is 0. The summed E-state index contributed by atoms with van der Waals surface area (Å²) in [6.45, 7) is 4.12. The summed E-state index contributed by atoms with van der Waals surface area (Å²) in [5.41, 5.74) is 9.09. The van der Waals surface area contributed by atoms with Crippen molar-refractivity contribution in [2.75, 3.05) is 0 Å². The minimum absolute atomic E-state index is 0.238. The van der Waals surface area contributed by atoms with Crippen molar-refractivity contribution in [3.05, 3.63) is 71.0 Å². The number of nitrogens with two attached hydrogens (primary N) is 1. The predicted octanol–water partition coefficient (Wildman–Crippen LogP) is 4.00. The molecule has 0 bridgehead atoms. The molecule has 2 aromatic rings. The molecule has 0 aliphatic rings. The van der Waals surface area contributed by atoms with Gasteiger partial charge < -0.3 is 5.73 Å². The third-order valence-corrected chi connectivity index (χ3v) is 3.54. The number of hydrogen-bond acceptors (Lipinski definition) is 1. The van der Waals surface area contributed by atoms with Gasteiger partial charge in [0.25, 0.3) is 0 Å². The first-order chi connectivity index (χ1) is 9.04. The maximum Gasteiger partial charge on any atom is 0.123 e. The van der Waals surface area contributed by atoms with Crippen molar-refractivity contribution in [1.82, 2.24) is 0 Å². The molecule has 19 heavy (non-hydrogen) atoms. The van der Waals surface area contributed by atoms with Crippen molar-refractivity contribution in [1.29, 1.82) is 0 Å². The highest BCUT2D eigenvalue weighted by atomic mass is 19.1. The van der Waals surface area contributed by atoms with Crippen LogP contribution in [0.15, 0.2) is 48.5 Å². The molecule has 0 heterocycles. The molecule has 0 aliphatic heterocycles. The summed E-state index contributed by atoms with van der Waals surface area (Å²) in [6.07, 6.45) is 2.22. The van der Waals surface area contributed by atoms with E-state index in [0.717, 1.165) is 24.0 Å². The molecule has 0 aromatic heterocycles. The van der Waals surface area contributed by atoms with Crippen molar-refractivity contribution < 1.29 is 4.39 Å². The first kappa shape index (κ1) is 13.8. The molecule has 0 radical (unpaired) electrons. The van der Waals surface area contributed by atoms with E-state index in [1.165, 1.54) is 17.7 Å². The molecule has 0 fully saturated rings. The lowest BCUT2D eigenvalue weighted by atomic mass is 9.85. The van der Waals surface area contributed by atoms with Crippen molar-refractivity contribution in [2.45, 2.75) is 32.2 Å². The Balaban J connectivity index is 2.30. The van der Waals surface area contributed by atoms with Crippen LogP contribution in [0.25, 0.3) is 0 Å². The number of hydrogen-bond donors (Lipinski definition) is 1. The Morgan fingerprint density at radius 2 is 1.42 bits per heavy atom. The van der Waals surface area contributed by atoms with E-state index in [-0.39, 0.29) is 5.82 Å². The van der Waals surface area contributed by atoms with Gasteiger partial charge in [0.05, 0.1) is 5.54 Å². The molecule has 2 rings (SSSR count). The van der Waals surface area contributed by atoms with Gasteiger partial charge in [0.15, 0.2) is 0 Å². The zero-order chi connectivity index (χ0) is 13.9. The predicted molar refractivity (Wildman–Crippen MR) is 77.5 cm³/mol. The fourth-order valence-corrected chi connectivity index (χ4v) is 2.27. The van der Waals surface area contributed by atoms with Crippen LogP contribution in [0.5, 0.6) is 0 Å². The van der Waals surface area contributed by atoms with Gasteiger partial charge in [-0.1, -0.05) is 49.7 Å². The van der Waals surface area contributed by atoms with Gasteiger partial charge in [-0.3, -0.25) is 0 Å². The van der Waals surface area contributed by atoms with Gasteiger partial charge in [-0.2, -0.15) is 0 Å². The molecule has 0 spiro atoms. The topological polar surface area (TPSA) is 26.0 Å². The van der Waals surface area contributed by atoms with Crippen LogP contribution >= 0.6 is 0 Å². The molecule has 2 heteroatoms. The first-order valence-corrected chi connectivity index (χ1v) is 6.68. The maximum absolute atomic E-state index is 13.0. The van der Waals surface area contributed by atoms with E-state index in [1.54, 1.807) is 12.1 Å². The van der Waals surface area contributed by atoms with E-state index in [9.17, 15) is 4.39 Å². The van der Waals surface area contributed by atoms with Crippen LogP contribution in [0.2, 0.25) is 0 Å². The van der Waals surface area contributed by atoms with Gasteiger partial charge in [-0.25, -0.2) is 4.39 Å². The van der Waals surface area contributed by atoms with E-state index in [1.807, 2.05) is 6.92 Å². The van der Waals surface area contributed by atoms with Crippen LogP contribution in [0, 0.1) is 5.82 Å². The fourth-order valence-electron chi connectivity index (χ4n) is 2.27. The molecule has 2 N–H and O–H groups in total. The smallest absolute Gasteiger partial charge is 0.123 e. The molecular weight excluding hydrogens is 237 g/mol. The highest BCUT2D eigenvalue weighted by Gasteiger charge is 2.23. The molecular formula is C17H20FN. The third kappa shape index (κ3) is 3.02. The van der Waals surface area contributed by atoms with Crippen LogP contribution in [0.3, 0.4) is 0 Å². The second-order valence-corrected chi connectivity index (χ2v) is 5.16. The van der Waals surface area contributed by atoms with Gasteiger partial charge in [0.2, 0.25) is 0 Å². The fraction of sp³-hybridized carbons (Fsp3) is 0.294. The Morgan fingerprint density at radius 1 is 0.947 bits per heavy atom. The lowest BCUT2D eigenvalue weighted by Crippen LogP contribution is -2.34. The Hall–Kier alpha value is -1.67. The molecule has 0 saturated carbocycles. The second kappa shape index (κ2) is 5.54. The average Bonchev–Trinajstić information content (AvgIpc) is 2.40. The standard InChI is InChI=1S/C17H20FN/c1-3-4-13-5-7-14(8-6-13)17(2,19)15-9-11-16(18)12-10-15/h5-12H,3-4,19H2,1-2H3. The highest BCUT2D eigenvalue weighted by molar-refractivity contribution is 5.38. The molecule has 0 amide bonds. The van der Waals surface area contributed by atoms with Crippen LogP contribution in [-0.4, -0.2) is 0 Å². The summed E-state index contributed by atoms with van der Waals surface area (Å²) in [4.78, 5) is 0. The quantitative estimate of drug-likeness (QED) is 0.880. The normalized spacial score (nSPS) is 14.1. The van der Waals surface area contributed by atoms with Gasteiger partial charge in [0.1, 0.15) is 5.82 Å². The monoisotopic (exact) mass is 257 g/mol. The summed E-state index contributed by atoms with van der Waals surface area (Å²) >= 11 is 0. The van der Waals surface area contributed by atoms with E-state index in [4.69, 9.17) is 5.73 Å². The SMILES string of the molecule is CCCc1ccc(C(C)(N)c2ccc(F)cc2)cc1. The summed E-state index contributed by atoms with van der Waals surface area (Å²) in [5.74, 6) is -0.238. The second-order valence-electron chi connectivity index (χ2n) is 5.16. The Kier molecular flexibility index (Phi) is 4.01. The van der Waals surface area contributed by atoms with Crippen LogP contribution in [-0.2, 0) is 12.0 Å². The lowest BCUT2D eigenvalue weighted by Gasteiger charge is -2.26. The summed E-state index contributed by atoms with van der Waals surface area (Å²) in [5, 5.41) is 0. The van der Waals surface area contributed by atoms with Gasteiger partial charge in [-0.05, 0) is 42.2 Å². The van der Waals surface area contributed by atoms with Crippen LogP contribution in [0.4, 0.5) is 4.39 Å². The Labute approximate surface area is 114 Å². The van der Waals surface area contributed by atoms with Gasteiger partial charge in [-0.15, -0.1) is 0 Å². The van der Waals surface area contributed by atoms with Crippen molar-refractivity contribution >= 4 is 0 Å². The maximum atomic E-state index is 13.0. The van der Waals surface area contributed by atoms with Crippen LogP contribution in [0.1, 0.15) is 37.0 Å². The van der Waals surface area contributed by atoms with Crippen LogP contribution < -0.4 is 5.73 Å². The van der Waals surface area contributed by atoms with E-state index < -0.39 is 5.54 Å². The van der Waals surface area contributed by atoms with Crippen molar-refractivity contribution in [3.8, 4) is 0 Å². The molecule has 0 saturated heterocycles. The first-order valence-electron chi connectivity index (χ1n) is 6.68. The van der Waals surface area contributed by atoms with Gasteiger partial charge >= 0.3 is 0 Å². The van der Waals surface area contributed by atoms with E-state index in [2.05, 4.69) is 31.2 Å². The molecule has 2 aromatic carbocycles. The third-order valence-electron chi connectivity index (χ3n) is 3.54.